The number of fused-ring (bicyclic) bond motifs is 3. The highest BCUT2D eigenvalue weighted by Crippen LogP contribution is 2.41. The Hall–Kier alpha value is -1.28. The van der Waals surface area contributed by atoms with Crippen LogP contribution in [0.2, 0.25) is 0 Å². The van der Waals surface area contributed by atoms with Crippen molar-refractivity contribution < 1.29 is 0 Å². The number of hydrogen-bond acceptors (Lipinski definition) is 1. The van der Waals surface area contributed by atoms with Crippen molar-refractivity contribution >= 4 is 10.9 Å². The van der Waals surface area contributed by atoms with E-state index in [-0.39, 0.29) is 0 Å². The van der Waals surface area contributed by atoms with Gasteiger partial charge in [-0.2, -0.15) is 0 Å². The van der Waals surface area contributed by atoms with Crippen LogP contribution in [0.25, 0.3) is 10.9 Å². The predicted molar refractivity (Wildman–Crippen MR) is 79.9 cm³/mol. The van der Waals surface area contributed by atoms with Crippen LogP contribution in [-0.2, 0) is 19.3 Å². The van der Waals surface area contributed by atoms with Gasteiger partial charge in [0.15, 0.2) is 0 Å². The van der Waals surface area contributed by atoms with Crippen molar-refractivity contribution in [2.75, 3.05) is 20.6 Å². The topological polar surface area (TPSA) is 8.17 Å². The smallest absolute Gasteiger partial charge is 0.0521 e. The Morgan fingerprint density at radius 1 is 1.21 bits per heavy atom. The maximum atomic E-state index is 2.69. The van der Waals surface area contributed by atoms with E-state index in [0.29, 0.717) is 6.04 Å². The van der Waals surface area contributed by atoms with Gasteiger partial charge in [0.25, 0.3) is 0 Å². The second kappa shape index (κ2) is 4.11. The Labute approximate surface area is 115 Å². The van der Waals surface area contributed by atoms with Crippen LogP contribution in [0.15, 0.2) is 18.2 Å². The van der Waals surface area contributed by atoms with Gasteiger partial charge >= 0.3 is 0 Å². The fourth-order valence-electron chi connectivity index (χ4n) is 4.18. The van der Waals surface area contributed by atoms with Crippen LogP contribution in [0, 0.1) is 0 Å². The van der Waals surface area contributed by atoms with Crippen molar-refractivity contribution in [1.29, 1.82) is 0 Å². The van der Waals surface area contributed by atoms with Gasteiger partial charge in [-0.15, -0.1) is 0 Å². The van der Waals surface area contributed by atoms with Crippen LogP contribution < -0.4 is 0 Å². The standard InChI is InChI=1S/C17H22N2/c1-18(2)11-13-10-12-6-5-8-15-14-7-3-4-9-16(14)19(13)17(12)15/h5-6,8,13H,3-4,7,9-11H2,1-2H3. The lowest BCUT2D eigenvalue weighted by atomic mass is 9.94. The number of likely N-dealkylation sites (N-methyl/N-ethyl adjacent to an activating group) is 1. The fourth-order valence-corrected chi connectivity index (χ4v) is 4.18. The molecule has 0 radical (unpaired) electrons. The van der Waals surface area contributed by atoms with Crippen LogP contribution >= 0.6 is 0 Å². The zero-order valence-corrected chi connectivity index (χ0v) is 11.9. The number of hydrogen-bond donors (Lipinski definition) is 0. The second-order valence-electron chi connectivity index (χ2n) is 6.44. The zero-order chi connectivity index (χ0) is 13.0. The fraction of sp³-hybridized carbons (Fsp3) is 0.529. The number of aromatic nitrogens is 1. The Morgan fingerprint density at radius 2 is 2.05 bits per heavy atom. The van der Waals surface area contributed by atoms with Gasteiger partial charge in [0.05, 0.1) is 11.6 Å². The molecule has 0 saturated carbocycles. The Morgan fingerprint density at radius 3 is 2.89 bits per heavy atom. The molecule has 0 amide bonds. The van der Waals surface area contributed by atoms with Crippen molar-refractivity contribution in [3.8, 4) is 0 Å². The third-order valence-corrected chi connectivity index (χ3v) is 4.81. The minimum absolute atomic E-state index is 0.650. The Bertz CT molecular complexity index is 636. The molecule has 1 aliphatic carbocycles. The third-order valence-electron chi connectivity index (χ3n) is 4.81. The average Bonchev–Trinajstić information content (AvgIpc) is 2.91. The molecule has 2 heteroatoms. The molecule has 0 spiro atoms. The number of nitrogens with zero attached hydrogens (tertiary/aromatic N) is 2. The maximum Gasteiger partial charge on any atom is 0.0521 e. The molecule has 0 fully saturated rings. The molecule has 2 nitrogen and oxygen atoms in total. The predicted octanol–water partition coefficient (Wildman–Crippen LogP) is 3.18. The SMILES string of the molecule is CN(C)CC1Cc2cccc3c4c(n1c23)CCCC4. The lowest BCUT2D eigenvalue weighted by Gasteiger charge is -2.23. The monoisotopic (exact) mass is 254 g/mol. The molecule has 1 aromatic heterocycles. The second-order valence-corrected chi connectivity index (χ2v) is 6.44. The van der Waals surface area contributed by atoms with Crippen LogP contribution in [-0.4, -0.2) is 30.1 Å². The van der Waals surface area contributed by atoms with Gasteiger partial charge < -0.3 is 9.47 Å². The van der Waals surface area contributed by atoms with Crippen LogP contribution in [0.1, 0.15) is 35.7 Å². The van der Waals surface area contributed by atoms with Gasteiger partial charge in [-0.25, -0.2) is 0 Å². The quantitative estimate of drug-likeness (QED) is 0.799. The molecule has 0 bridgehead atoms. The van der Waals surface area contributed by atoms with Gasteiger partial charge in [0.1, 0.15) is 0 Å². The van der Waals surface area contributed by atoms with E-state index in [9.17, 15) is 0 Å². The molecule has 4 rings (SSSR count). The summed E-state index contributed by atoms with van der Waals surface area (Å²) in [5, 5.41) is 1.55. The zero-order valence-electron chi connectivity index (χ0n) is 11.9. The van der Waals surface area contributed by atoms with Gasteiger partial charge in [0.2, 0.25) is 0 Å². The molecule has 2 aromatic rings. The van der Waals surface area contributed by atoms with E-state index in [0.717, 1.165) is 6.54 Å². The number of para-hydroxylation sites is 1. The molecule has 0 N–H and O–H groups in total. The summed E-state index contributed by atoms with van der Waals surface area (Å²) in [7, 11) is 4.38. The highest BCUT2D eigenvalue weighted by Gasteiger charge is 2.30. The van der Waals surface area contributed by atoms with Crippen molar-refractivity contribution in [3.63, 3.8) is 0 Å². The minimum atomic E-state index is 0.650. The minimum Gasteiger partial charge on any atom is -0.339 e. The first kappa shape index (κ1) is 11.5. The molecule has 100 valence electrons. The lowest BCUT2D eigenvalue weighted by molar-refractivity contribution is 0.328. The van der Waals surface area contributed by atoms with Gasteiger partial charge in [-0.3, -0.25) is 0 Å². The first-order valence-corrected chi connectivity index (χ1v) is 7.54. The summed E-state index contributed by atoms with van der Waals surface area (Å²) < 4.78 is 2.69. The number of rotatable bonds is 2. The molecule has 1 aromatic carbocycles. The van der Waals surface area contributed by atoms with Crippen LogP contribution in [0.4, 0.5) is 0 Å². The summed E-state index contributed by atoms with van der Waals surface area (Å²) in [5.74, 6) is 0. The summed E-state index contributed by atoms with van der Waals surface area (Å²) in [5.41, 5.74) is 6.43. The largest absolute Gasteiger partial charge is 0.339 e. The molecule has 0 saturated heterocycles. The molecular weight excluding hydrogens is 232 g/mol. The summed E-state index contributed by atoms with van der Waals surface area (Å²) in [6, 6.07) is 7.59. The Balaban J connectivity index is 1.95. The van der Waals surface area contributed by atoms with Gasteiger partial charge in [0, 0.05) is 17.6 Å². The number of aryl methyl sites for hydroxylation is 1. The van der Waals surface area contributed by atoms with E-state index in [1.165, 1.54) is 32.1 Å². The summed E-state index contributed by atoms with van der Waals surface area (Å²) in [4.78, 5) is 2.33. The molecule has 1 aliphatic heterocycles. The van der Waals surface area contributed by atoms with Crippen LogP contribution in [0.5, 0.6) is 0 Å². The van der Waals surface area contributed by atoms with E-state index in [4.69, 9.17) is 0 Å². The first-order chi connectivity index (χ1) is 9.25. The van der Waals surface area contributed by atoms with Crippen LogP contribution in [0.3, 0.4) is 0 Å². The summed E-state index contributed by atoms with van der Waals surface area (Å²) >= 11 is 0. The van der Waals surface area contributed by atoms with Gasteiger partial charge in [-0.1, -0.05) is 18.2 Å². The van der Waals surface area contributed by atoms with Gasteiger partial charge in [-0.05, 0) is 57.3 Å². The van der Waals surface area contributed by atoms with Crippen molar-refractivity contribution in [2.45, 2.75) is 38.1 Å². The molecule has 2 aliphatic rings. The van der Waals surface area contributed by atoms with E-state index >= 15 is 0 Å². The number of benzene rings is 1. The van der Waals surface area contributed by atoms with Crippen molar-refractivity contribution in [2.24, 2.45) is 0 Å². The van der Waals surface area contributed by atoms with E-state index in [2.05, 4.69) is 41.8 Å². The molecule has 1 unspecified atom stereocenters. The first-order valence-electron chi connectivity index (χ1n) is 7.54. The molecule has 1 atom stereocenters. The lowest BCUT2D eigenvalue weighted by Crippen LogP contribution is -2.25. The molecule has 2 heterocycles. The maximum absolute atomic E-state index is 2.69. The third kappa shape index (κ3) is 1.59. The summed E-state index contributed by atoms with van der Waals surface area (Å²) in [6.07, 6.45) is 6.53. The average molecular weight is 254 g/mol. The highest BCUT2D eigenvalue weighted by molar-refractivity contribution is 5.90. The van der Waals surface area contributed by atoms with E-state index in [1.54, 1.807) is 27.7 Å². The Kier molecular flexibility index (Phi) is 2.49. The van der Waals surface area contributed by atoms with E-state index in [1.807, 2.05) is 0 Å². The van der Waals surface area contributed by atoms with E-state index < -0.39 is 0 Å². The normalized spacial score (nSPS) is 21.3. The molecular formula is C17H22N2. The van der Waals surface area contributed by atoms with Crippen molar-refractivity contribution in [1.82, 2.24) is 9.47 Å². The summed E-state index contributed by atoms with van der Waals surface area (Å²) in [6.45, 7) is 1.16. The van der Waals surface area contributed by atoms with Crippen molar-refractivity contribution in [3.05, 3.63) is 35.0 Å². The highest BCUT2D eigenvalue weighted by atomic mass is 15.1. The molecule has 19 heavy (non-hydrogen) atoms.